The first kappa shape index (κ1) is 23.7. The predicted molar refractivity (Wildman–Crippen MR) is 72.6 cm³/mol. The van der Waals surface area contributed by atoms with Crippen molar-refractivity contribution in [3.8, 4) is 23.6 Å². The third kappa shape index (κ3) is 5.81. The number of hydrogen-bond donors (Lipinski definition) is 1. The summed E-state index contributed by atoms with van der Waals surface area (Å²) in [7, 11) is 0. The van der Waals surface area contributed by atoms with Crippen molar-refractivity contribution in [1.29, 1.82) is 10.5 Å². The fraction of sp³-hybridized carbons (Fsp3) is 0.286. The predicted octanol–water partition coefficient (Wildman–Crippen LogP) is 5.10. The molecule has 158 valence electrons. The fourth-order valence-electron chi connectivity index (χ4n) is 1.42. The lowest BCUT2D eigenvalue weighted by Gasteiger charge is -2.23. The molecule has 0 atom stereocenters. The van der Waals surface area contributed by atoms with E-state index in [2.05, 4.69) is 9.47 Å². The van der Waals surface area contributed by atoms with Gasteiger partial charge in [-0.25, -0.2) is 0 Å². The number of anilines is 1. The van der Waals surface area contributed by atoms with Crippen molar-refractivity contribution in [2.75, 3.05) is 5.32 Å². The second-order valence-corrected chi connectivity index (χ2v) is 4.82. The molecule has 0 bridgehead atoms. The average molecular weight is 437 g/mol. The van der Waals surface area contributed by atoms with Crippen LogP contribution in [0.5, 0.6) is 11.5 Å². The van der Waals surface area contributed by atoms with Gasteiger partial charge in [-0.05, 0) is 12.1 Å². The quantitative estimate of drug-likeness (QED) is 0.495. The minimum atomic E-state index is -6.21. The minimum absolute atomic E-state index is 0.157. The molecule has 0 aromatic heterocycles. The number of rotatable bonds is 6. The van der Waals surface area contributed by atoms with Crippen molar-refractivity contribution in [2.45, 2.75) is 24.6 Å². The Hall–Kier alpha value is -3.36. The van der Waals surface area contributed by atoms with Crippen molar-refractivity contribution < 1.29 is 53.4 Å². The lowest BCUT2D eigenvalue weighted by atomic mass is 10.2. The van der Waals surface area contributed by atoms with Gasteiger partial charge >= 0.3 is 24.6 Å². The van der Waals surface area contributed by atoms with E-state index in [1.807, 2.05) is 5.32 Å². The van der Waals surface area contributed by atoms with Crippen LogP contribution in [0.4, 0.5) is 49.6 Å². The van der Waals surface area contributed by atoms with Gasteiger partial charge in [0.1, 0.15) is 29.2 Å². The normalized spacial score (nSPS) is 12.4. The van der Waals surface area contributed by atoms with E-state index in [9.17, 15) is 43.9 Å². The van der Waals surface area contributed by atoms with Gasteiger partial charge < -0.3 is 14.8 Å². The Morgan fingerprint density at radius 3 is 1.76 bits per heavy atom. The summed E-state index contributed by atoms with van der Waals surface area (Å²) in [6.45, 7) is 0. The lowest BCUT2D eigenvalue weighted by molar-refractivity contribution is -0.361. The monoisotopic (exact) mass is 437 g/mol. The van der Waals surface area contributed by atoms with Gasteiger partial charge in [-0.2, -0.15) is 54.4 Å². The Kier molecular flexibility index (Phi) is 6.48. The fourth-order valence-corrected chi connectivity index (χ4v) is 1.42. The summed E-state index contributed by atoms with van der Waals surface area (Å²) in [5.74, 6) is -2.69. The van der Waals surface area contributed by atoms with Crippen molar-refractivity contribution >= 4 is 5.69 Å². The van der Waals surface area contributed by atoms with E-state index in [4.69, 9.17) is 10.5 Å². The van der Waals surface area contributed by atoms with E-state index in [0.717, 1.165) is 0 Å². The van der Waals surface area contributed by atoms with Gasteiger partial charge in [-0.3, -0.25) is 0 Å². The Morgan fingerprint density at radius 2 is 1.31 bits per heavy atom. The van der Waals surface area contributed by atoms with Gasteiger partial charge in [-0.15, -0.1) is 0 Å². The van der Waals surface area contributed by atoms with Crippen LogP contribution >= 0.6 is 0 Å². The Morgan fingerprint density at radius 1 is 0.828 bits per heavy atom. The van der Waals surface area contributed by atoms with Crippen LogP contribution < -0.4 is 14.8 Å². The smallest absolute Gasteiger partial charge is 0.426 e. The molecule has 0 aliphatic rings. The van der Waals surface area contributed by atoms with Crippen LogP contribution in [0.1, 0.15) is 0 Å². The van der Waals surface area contributed by atoms with Gasteiger partial charge in [0.25, 0.3) is 0 Å². The van der Waals surface area contributed by atoms with E-state index in [1.54, 1.807) is 0 Å². The summed E-state index contributed by atoms with van der Waals surface area (Å²) in [5, 5.41) is 18.9. The van der Waals surface area contributed by atoms with Crippen molar-refractivity contribution in [3.05, 3.63) is 30.0 Å². The molecular weight excluding hydrogens is 432 g/mol. The number of hydrogen-bond acceptors (Lipinski definition) is 5. The first-order valence-electron chi connectivity index (χ1n) is 6.72. The van der Waals surface area contributed by atoms with Gasteiger partial charge in [0.05, 0.1) is 5.69 Å². The molecule has 0 fully saturated rings. The van der Waals surface area contributed by atoms with Crippen LogP contribution in [0.2, 0.25) is 0 Å². The van der Waals surface area contributed by atoms with Crippen LogP contribution in [0.15, 0.2) is 30.0 Å². The summed E-state index contributed by atoms with van der Waals surface area (Å²) in [6, 6.07) is 3.04. The van der Waals surface area contributed by atoms with Gasteiger partial charge in [0.15, 0.2) is 0 Å². The highest BCUT2D eigenvalue weighted by atomic mass is 19.4. The maximum atomic E-state index is 13.1. The van der Waals surface area contributed by atoms with E-state index >= 15 is 0 Å². The average Bonchev–Trinajstić information content (AvgIpc) is 2.55. The highest BCUT2D eigenvalue weighted by Gasteiger charge is 2.62. The summed E-state index contributed by atoms with van der Waals surface area (Å²) in [6.07, 6.45) is -23.4. The second kappa shape index (κ2) is 7.94. The zero-order valence-electron chi connectivity index (χ0n) is 13.3. The van der Waals surface area contributed by atoms with E-state index in [0.29, 0.717) is 6.20 Å². The van der Waals surface area contributed by atoms with Crippen molar-refractivity contribution in [2.24, 2.45) is 0 Å². The number of allylic oxidation sites excluding steroid dienone is 1. The van der Waals surface area contributed by atoms with Crippen LogP contribution in [-0.4, -0.2) is 24.6 Å². The third-order valence-corrected chi connectivity index (χ3v) is 2.71. The molecular formula is C14H5F10N3O2. The molecule has 0 aliphatic carbocycles. The largest absolute Gasteiger partial charge is 0.499 e. The van der Waals surface area contributed by atoms with Crippen LogP contribution in [0.3, 0.4) is 0 Å². The summed E-state index contributed by atoms with van der Waals surface area (Å²) in [5.41, 5.74) is -1.81. The van der Waals surface area contributed by atoms with Gasteiger partial charge in [-0.1, -0.05) is 0 Å². The van der Waals surface area contributed by atoms with E-state index < -0.39 is 47.3 Å². The van der Waals surface area contributed by atoms with Crippen molar-refractivity contribution in [1.82, 2.24) is 0 Å². The molecule has 0 saturated carbocycles. The number of ether oxygens (including phenoxy) is 2. The lowest BCUT2D eigenvalue weighted by Crippen LogP contribution is -2.42. The molecule has 1 N–H and O–H groups in total. The molecule has 0 heterocycles. The topological polar surface area (TPSA) is 78.1 Å². The summed E-state index contributed by atoms with van der Waals surface area (Å²) < 4.78 is 132. The molecule has 5 nitrogen and oxygen atoms in total. The molecule has 1 aromatic carbocycles. The molecule has 0 unspecified atom stereocenters. The number of alkyl halides is 10. The second-order valence-electron chi connectivity index (χ2n) is 4.82. The molecule has 0 radical (unpaired) electrons. The number of nitrogens with zero attached hydrogens (tertiary/aromatic N) is 2. The first-order valence-corrected chi connectivity index (χ1v) is 6.72. The van der Waals surface area contributed by atoms with E-state index in [1.165, 1.54) is 12.1 Å². The highest BCUT2D eigenvalue weighted by Crippen LogP contribution is 2.42. The SMILES string of the molecule is N#CC(C#N)=CNc1cc(OC(F)(F)C(F)(F)F)ccc1OC(F)(F)C(F)(F)F. The van der Waals surface area contributed by atoms with Crippen LogP contribution in [-0.2, 0) is 0 Å². The standard InChI is InChI=1S/C14H5F10N3O2/c15-11(16,17)13(21,22)28-8-1-2-10(29-14(23,24)12(18,19)20)9(3-8)27-6-7(4-25)5-26/h1-3,6,27H. The minimum Gasteiger partial charge on any atom is -0.426 e. The van der Waals surface area contributed by atoms with Gasteiger partial charge in [0.2, 0.25) is 0 Å². The molecule has 15 heteroatoms. The maximum Gasteiger partial charge on any atom is 0.499 e. The van der Waals surface area contributed by atoms with E-state index in [-0.39, 0.29) is 18.2 Å². The molecule has 0 spiro atoms. The molecule has 0 amide bonds. The third-order valence-electron chi connectivity index (χ3n) is 2.71. The molecule has 0 aliphatic heterocycles. The van der Waals surface area contributed by atoms with Crippen molar-refractivity contribution in [3.63, 3.8) is 0 Å². The Bertz CT molecular complexity index is 846. The zero-order chi connectivity index (χ0) is 22.7. The highest BCUT2D eigenvalue weighted by molar-refractivity contribution is 5.62. The number of nitrogens with one attached hydrogen (secondary N) is 1. The Balaban J connectivity index is 3.38. The number of halogens is 10. The number of benzene rings is 1. The molecule has 1 aromatic rings. The summed E-state index contributed by atoms with van der Waals surface area (Å²) in [4.78, 5) is 0. The molecule has 0 saturated heterocycles. The Labute approximate surface area is 154 Å². The summed E-state index contributed by atoms with van der Waals surface area (Å²) >= 11 is 0. The zero-order valence-corrected chi connectivity index (χ0v) is 13.3. The first-order chi connectivity index (χ1) is 13.0. The van der Waals surface area contributed by atoms with Crippen LogP contribution in [0, 0.1) is 22.7 Å². The maximum absolute atomic E-state index is 13.1. The molecule has 29 heavy (non-hydrogen) atoms. The number of nitriles is 2. The van der Waals surface area contributed by atoms with Gasteiger partial charge in [0, 0.05) is 12.3 Å². The van der Waals surface area contributed by atoms with Crippen LogP contribution in [0.25, 0.3) is 0 Å². The molecule has 1 rings (SSSR count).